The largest absolute Gasteiger partial charge is 0.348 e. The van der Waals surface area contributed by atoms with Crippen LogP contribution in [0.5, 0.6) is 0 Å². The zero-order valence-electron chi connectivity index (χ0n) is 12.9. The van der Waals surface area contributed by atoms with Gasteiger partial charge in [-0.05, 0) is 26.7 Å². The average molecular weight is 280 g/mol. The molecular formula is C14H24N4O2. The molecule has 112 valence electrons. The van der Waals surface area contributed by atoms with E-state index < -0.39 is 0 Å². The van der Waals surface area contributed by atoms with E-state index in [2.05, 4.69) is 15.7 Å². The Labute approximate surface area is 119 Å². The first-order valence-electron chi connectivity index (χ1n) is 7.04. The maximum Gasteiger partial charge on any atom is 0.272 e. The number of hydrogen-bond donors (Lipinski definition) is 2. The molecule has 20 heavy (non-hydrogen) atoms. The quantitative estimate of drug-likeness (QED) is 0.828. The van der Waals surface area contributed by atoms with E-state index in [4.69, 9.17) is 0 Å². The predicted octanol–water partition coefficient (Wildman–Crippen LogP) is 1.48. The molecule has 0 saturated carbocycles. The summed E-state index contributed by atoms with van der Waals surface area (Å²) in [6.45, 7) is 7.86. The number of rotatable bonds is 6. The van der Waals surface area contributed by atoms with E-state index in [-0.39, 0.29) is 29.6 Å². The molecule has 0 bridgehead atoms. The molecule has 2 amide bonds. The number of carbonyl (C=O) groups excluding carboxylic acids is 2. The van der Waals surface area contributed by atoms with E-state index >= 15 is 0 Å². The van der Waals surface area contributed by atoms with Crippen LogP contribution in [0.3, 0.4) is 0 Å². The number of nitrogens with one attached hydrogen (secondary N) is 2. The normalized spacial score (nSPS) is 13.7. The first kappa shape index (κ1) is 16.2. The fourth-order valence-corrected chi connectivity index (χ4v) is 1.59. The van der Waals surface area contributed by atoms with Crippen molar-refractivity contribution in [3.8, 4) is 0 Å². The second-order valence-electron chi connectivity index (χ2n) is 5.10. The molecule has 0 aromatic carbocycles. The van der Waals surface area contributed by atoms with Crippen molar-refractivity contribution in [2.45, 2.75) is 52.6 Å². The summed E-state index contributed by atoms with van der Waals surface area (Å²) in [4.78, 5) is 24.0. The van der Waals surface area contributed by atoms with Crippen molar-refractivity contribution >= 4 is 11.8 Å². The Morgan fingerprint density at radius 1 is 1.15 bits per heavy atom. The second-order valence-corrected chi connectivity index (χ2v) is 5.10. The maximum absolute atomic E-state index is 12.0. The van der Waals surface area contributed by atoms with Crippen molar-refractivity contribution in [1.82, 2.24) is 20.4 Å². The fraction of sp³-hybridized carbons (Fsp3) is 0.643. The highest BCUT2D eigenvalue weighted by Gasteiger charge is 2.19. The number of nitrogens with zero attached hydrogens (tertiary/aromatic N) is 2. The van der Waals surface area contributed by atoms with Crippen LogP contribution in [0.1, 0.15) is 61.5 Å². The van der Waals surface area contributed by atoms with Crippen LogP contribution in [0.4, 0.5) is 0 Å². The molecule has 1 aromatic rings. The third-order valence-corrected chi connectivity index (χ3v) is 3.32. The van der Waals surface area contributed by atoms with Gasteiger partial charge in [-0.15, -0.1) is 0 Å². The van der Waals surface area contributed by atoms with Crippen LogP contribution in [-0.4, -0.2) is 33.7 Å². The van der Waals surface area contributed by atoms with Gasteiger partial charge in [-0.1, -0.05) is 13.8 Å². The van der Waals surface area contributed by atoms with E-state index in [9.17, 15) is 9.59 Å². The van der Waals surface area contributed by atoms with Gasteiger partial charge in [-0.2, -0.15) is 5.10 Å². The number of carbonyl (C=O) groups is 2. The summed E-state index contributed by atoms with van der Waals surface area (Å²) >= 11 is 0. The lowest BCUT2D eigenvalue weighted by atomic mass is 10.2. The van der Waals surface area contributed by atoms with E-state index in [1.807, 2.05) is 27.7 Å². The maximum atomic E-state index is 12.0. The van der Waals surface area contributed by atoms with Crippen molar-refractivity contribution in [3.63, 3.8) is 0 Å². The molecule has 1 aromatic heterocycles. The van der Waals surface area contributed by atoms with Crippen LogP contribution in [0.25, 0.3) is 0 Å². The van der Waals surface area contributed by atoms with E-state index in [1.165, 1.54) is 10.7 Å². The van der Waals surface area contributed by atoms with Gasteiger partial charge in [0, 0.05) is 25.2 Å². The Balaban J connectivity index is 2.82. The Morgan fingerprint density at radius 3 is 2.15 bits per heavy atom. The average Bonchev–Trinajstić information content (AvgIpc) is 2.80. The summed E-state index contributed by atoms with van der Waals surface area (Å²) in [6, 6.07) is 1.70. The van der Waals surface area contributed by atoms with Gasteiger partial charge < -0.3 is 10.6 Å². The van der Waals surface area contributed by atoms with Gasteiger partial charge >= 0.3 is 0 Å². The van der Waals surface area contributed by atoms with E-state index in [1.54, 1.807) is 7.05 Å². The SMILES string of the molecule is CC[C@@H](C)NC(=O)c1cc(C(=O)N[C@H](C)CC)n(C)n1. The summed E-state index contributed by atoms with van der Waals surface area (Å²) < 4.78 is 1.43. The lowest BCUT2D eigenvalue weighted by molar-refractivity contribution is 0.0923. The molecular weight excluding hydrogens is 256 g/mol. The van der Waals surface area contributed by atoms with Crippen LogP contribution < -0.4 is 10.6 Å². The minimum absolute atomic E-state index is 0.0851. The Bertz CT molecular complexity index is 482. The van der Waals surface area contributed by atoms with Crippen molar-refractivity contribution < 1.29 is 9.59 Å². The topological polar surface area (TPSA) is 76.0 Å². The van der Waals surface area contributed by atoms with Gasteiger partial charge in [0.1, 0.15) is 5.69 Å². The molecule has 0 spiro atoms. The first-order chi connectivity index (χ1) is 9.38. The first-order valence-corrected chi connectivity index (χ1v) is 7.04. The van der Waals surface area contributed by atoms with Crippen LogP contribution in [0.2, 0.25) is 0 Å². The lowest BCUT2D eigenvalue weighted by Gasteiger charge is -2.10. The molecule has 1 rings (SSSR count). The number of amides is 2. The minimum Gasteiger partial charge on any atom is -0.348 e. The molecule has 2 atom stereocenters. The lowest BCUT2D eigenvalue weighted by Crippen LogP contribution is -2.33. The van der Waals surface area contributed by atoms with E-state index in [0.717, 1.165) is 12.8 Å². The predicted molar refractivity (Wildman–Crippen MR) is 77.6 cm³/mol. The smallest absolute Gasteiger partial charge is 0.272 e. The van der Waals surface area contributed by atoms with Crippen LogP contribution in [0.15, 0.2) is 6.07 Å². The van der Waals surface area contributed by atoms with Gasteiger partial charge in [0.25, 0.3) is 11.8 Å². The third kappa shape index (κ3) is 4.08. The molecule has 0 radical (unpaired) electrons. The van der Waals surface area contributed by atoms with Crippen LogP contribution in [0, 0.1) is 0 Å². The Morgan fingerprint density at radius 2 is 1.65 bits per heavy atom. The van der Waals surface area contributed by atoms with Gasteiger partial charge in [-0.3, -0.25) is 14.3 Å². The highest BCUT2D eigenvalue weighted by molar-refractivity contribution is 5.98. The van der Waals surface area contributed by atoms with Crippen molar-refractivity contribution in [2.24, 2.45) is 7.05 Å². The van der Waals surface area contributed by atoms with Crippen LogP contribution >= 0.6 is 0 Å². The van der Waals surface area contributed by atoms with Crippen molar-refractivity contribution in [2.75, 3.05) is 0 Å². The van der Waals surface area contributed by atoms with Crippen LogP contribution in [-0.2, 0) is 7.05 Å². The standard InChI is InChI=1S/C14H24N4O2/c1-6-9(3)15-13(19)11-8-12(18(5)17-11)14(20)16-10(4)7-2/h8-10H,6-7H2,1-5H3,(H,15,19)(H,16,20)/t9-,10-/m1/s1. The summed E-state index contributed by atoms with van der Waals surface area (Å²) in [5, 5.41) is 9.79. The molecule has 0 aliphatic heterocycles. The Hall–Kier alpha value is -1.85. The molecule has 0 aliphatic carbocycles. The summed E-state index contributed by atoms with van der Waals surface area (Å²) in [6.07, 6.45) is 1.70. The van der Waals surface area contributed by atoms with Gasteiger partial charge in [0.05, 0.1) is 0 Å². The van der Waals surface area contributed by atoms with E-state index in [0.29, 0.717) is 5.69 Å². The number of aromatic nitrogens is 2. The molecule has 2 N–H and O–H groups in total. The zero-order valence-corrected chi connectivity index (χ0v) is 12.9. The monoisotopic (exact) mass is 280 g/mol. The highest BCUT2D eigenvalue weighted by atomic mass is 16.2. The molecule has 1 heterocycles. The van der Waals surface area contributed by atoms with Gasteiger partial charge in [0.2, 0.25) is 0 Å². The van der Waals surface area contributed by atoms with Gasteiger partial charge in [-0.25, -0.2) is 0 Å². The summed E-state index contributed by atoms with van der Waals surface area (Å²) in [5.41, 5.74) is 0.654. The molecule has 0 unspecified atom stereocenters. The zero-order chi connectivity index (χ0) is 15.3. The molecule has 6 heteroatoms. The molecule has 0 saturated heterocycles. The summed E-state index contributed by atoms with van der Waals surface area (Å²) in [7, 11) is 1.66. The van der Waals surface area contributed by atoms with Gasteiger partial charge in [0.15, 0.2) is 5.69 Å². The third-order valence-electron chi connectivity index (χ3n) is 3.32. The minimum atomic E-state index is -0.252. The Kier molecular flexibility index (Phi) is 5.73. The molecule has 0 fully saturated rings. The fourth-order valence-electron chi connectivity index (χ4n) is 1.59. The summed E-state index contributed by atoms with van der Waals surface area (Å²) in [5.74, 6) is -0.463. The highest BCUT2D eigenvalue weighted by Crippen LogP contribution is 2.05. The molecule has 6 nitrogen and oxygen atoms in total. The second kappa shape index (κ2) is 7.07. The molecule has 0 aliphatic rings. The van der Waals surface area contributed by atoms with Crippen molar-refractivity contribution in [1.29, 1.82) is 0 Å². The number of aryl methyl sites for hydroxylation is 1. The number of hydrogen-bond acceptors (Lipinski definition) is 3. The van der Waals surface area contributed by atoms with Crippen molar-refractivity contribution in [3.05, 3.63) is 17.5 Å².